The number of amides is 1. The van der Waals surface area contributed by atoms with Crippen molar-refractivity contribution in [1.82, 2.24) is 10.6 Å². The van der Waals surface area contributed by atoms with Gasteiger partial charge >= 0.3 is 12.4 Å². The van der Waals surface area contributed by atoms with Gasteiger partial charge in [0.2, 0.25) is 5.91 Å². The first kappa shape index (κ1) is 26.4. The van der Waals surface area contributed by atoms with Crippen molar-refractivity contribution in [2.24, 2.45) is 5.41 Å². The molecule has 0 heterocycles. The number of hydrogen-bond acceptors (Lipinski definition) is 2. The number of rotatable bonds is 5. The zero-order chi connectivity index (χ0) is 25.0. The van der Waals surface area contributed by atoms with Crippen molar-refractivity contribution in [1.29, 1.82) is 0 Å². The molecule has 2 aromatic carbocycles. The highest BCUT2D eigenvalue weighted by Gasteiger charge is 2.37. The molecule has 0 aliphatic rings. The molecule has 3 N–H and O–H groups in total. The van der Waals surface area contributed by atoms with Gasteiger partial charge in [-0.05, 0) is 41.4 Å². The molecule has 1 amide bonds. The lowest BCUT2D eigenvalue weighted by atomic mass is 9.86. The highest BCUT2D eigenvalue weighted by Crippen LogP contribution is 2.37. The standard InChI is InChI=1S/C22H23F6N3OS/c1-20(2,3)17(18(32)29-12-13-7-5-4-6-8-13)31-19(33)30-16-10-14(21(23,24)25)9-15(11-16)22(26,27)28/h4-11,17H,12H2,1-3H3,(H,29,32)(H2,30,31,33)/t17-/m1/s1. The molecule has 0 saturated heterocycles. The Labute approximate surface area is 192 Å². The normalized spacial score (nSPS) is 13.2. The van der Waals surface area contributed by atoms with Crippen LogP contribution >= 0.6 is 12.2 Å². The van der Waals surface area contributed by atoms with Gasteiger partial charge in [0, 0.05) is 12.2 Å². The second-order valence-electron chi connectivity index (χ2n) is 8.40. The minimum absolute atomic E-state index is 0.0244. The molecule has 0 spiro atoms. The Bertz CT molecular complexity index is 952. The van der Waals surface area contributed by atoms with Crippen molar-refractivity contribution in [3.63, 3.8) is 0 Å². The van der Waals surface area contributed by atoms with E-state index in [2.05, 4.69) is 16.0 Å². The molecule has 0 radical (unpaired) electrons. The molecule has 0 unspecified atom stereocenters. The van der Waals surface area contributed by atoms with Crippen LogP contribution in [0.15, 0.2) is 48.5 Å². The van der Waals surface area contributed by atoms with Gasteiger partial charge in [0.25, 0.3) is 0 Å². The number of anilines is 1. The lowest BCUT2D eigenvalue weighted by Crippen LogP contribution is -2.54. The molecule has 4 nitrogen and oxygen atoms in total. The predicted molar refractivity (Wildman–Crippen MR) is 117 cm³/mol. The van der Waals surface area contributed by atoms with Crippen LogP contribution in [0.5, 0.6) is 0 Å². The minimum atomic E-state index is -4.99. The largest absolute Gasteiger partial charge is 0.416 e. The summed E-state index contributed by atoms with van der Waals surface area (Å²) >= 11 is 5.09. The molecule has 2 rings (SSSR count). The number of benzene rings is 2. The number of thiocarbonyl (C=S) groups is 1. The van der Waals surface area contributed by atoms with E-state index in [4.69, 9.17) is 12.2 Å². The predicted octanol–water partition coefficient (Wildman–Crippen LogP) is 5.74. The van der Waals surface area contributed by atoms with E-state index in [0.29, 0.717) is 12.1 Å². The fourth-order valence-corrected chi connectivity index (χ4v) is 3.12. The van der Waals surface area contributed by atoms with Gasteiger partial charge in [-0.15, -0.1) is 0 Å². The summed E-state index contributed by atoms with van der Waals surface area (Å²) in [5, 5.41) is 7.49. The van der Waals surface area contributed by atoms with E-state index in [1.165, 1.54) is 0 Å². The first-order chi connectivity index (χ1) is 15.1. The number of alkyl halides is 6. The number of carbonyl (C=O) groups excluding carboxylic acids is 1. The summed E-state index contributed by atoms with van der Waals surface area (Å²) in [6.45, 7) is 5.45. The fraction of sp³-hybridized carbons (Fsp3) is 0.364. The summed E-state index contributed by atoms with van der Waals surface area (Å²) in [7, 11) is 0. The molecule has 0 bridgehead atoms. The van der Waals surface area contributed by atoms with E-state index >= 15 is 0 Å². The number of nitrogens with one attached hydrogen (secondary N) is 3. The van der Waals surface area contributed by atoms with Gasteiger partial charge in [-0.1, -0.05) is 51.1 Å². The maximum absolute atomic E-state index is 13.1. The van der Waals surface area contributed by atoms with Crippen molar-refractivity contribution < 1.29 is 31.1 Å². The maximum atomic E-state index is 13.1. The molecular weight excluding hydrogens is 468 g/mol. The molecule has 1 atom stereocenters. The molecule has 0 aliphatic heterocycles. The topological polar surface area (TPSA) is 53.2 Å². The van der Waals surface area contributed by atoms with Crippen LogP contribution in [0.1, 0.15) is 37.5 Å². The van der Waals surface area contributed by atoms with Gasteiger partial charge in [0.1, 0.15) is 6.04 Å². The van der Waals surface area contributed by atoms with Crippen molar-refractivity contribution >= 4 is 28.9 Å². The molecular formula is C22H23F6N3OS. The van der Waals surface area contributed by atoms with E-state index in [9.17, 15) is 31.1 Å². The van der Waals surface area contributed by atoms with E-state index in [1.807, 2.05) is 30.3 Å². The SMILES string of the molecule is CC(C)(C)[C@H](NC(=S)Nc1cc(C(F)(F)F)cc(C(F)(F)F)c1)C(=O)NCc1ccccc1. The zero-order valence-electron chi connectivity index (χ0n) is 18.0. The Morgan fingerprint density at radius 2 is 1.42 bits per heavy atom. The molecule has 0 saturated carbocycles. The number of halogens is 6. The number of hydrogen-bond donors (Lipinski definition) is 3. The summed E-state index contributed by atoms with van der Waals surface area (Å²) in [5.41, 5.74) is -3.29. The van der Waals surface area contributed by atoms with Gasteiger partial charge < -0.3 is 16.0 Å². The van der Waals surface area contributed by atoms with Gasteiger partial charge in [-0.25, -0.2) is 0 Å². The Morgan fingerprint density at radius 1 is 0.909 bits per heavy atom. The quantitative estimate of drug-likeness (QED) is 0.369. The monoisotopic (exact) mass is 491 g/mol. The van der Waals surface area contributed by atoms with Gasteiger partial charge in [0.05, 0.1) is 11.1 Å². The minimum Gasteiger partial charge on any atom is -0.350 e. The van der Waals surface area contributed by atoms with E-state index < -0.39 is 46.5 Å². The Balaban J connectivity index is 2.19. The molecule has 11 heteroatoms. The molecule has 0 fully saturated rings. The summed E-state index contributed by atoms with van der Waals surface area (Å²) in [5.74, 6) is -0.435. The van der Waals surface area contributed by atoms with Crippen LogP contribution in [-0.4, -0.2) is 17.1 Å². The van der Waals surface area contributed by atoms with Gasteiger partial charge in [-0.2, -0.15) is 26.3 Å². The van der Waals surface area contributed by atoms with Crippen LogP contribution in [-0.2, 0) is 23.7 Å². The lowest BCUT2D eigenvalue weighted by molar-refractivity contribution is -0.143. The third-order valence-electron chi connectivity index (χ3n) is 4.56. The first-order valence-electron chi connectivity index (χ1n) is 9.76. The van der Waals surface area contributed by atoms with E-state index in [0.717, 1.165) is 5.56 Å². The van der Waals surface area contributed by atoms with Gasteiger partial charge in [-0.3, -0.25) is 4.79 Å². The summed E-state index contributed by atoms with van der Waals surface area (Å²) in [6, 6.07) is 9.22. The van der Waals surface area contributed by atoms with Crippen LogP contribution in [0.3, 0.4) is 0 Å². The van der Waals surface area contributed by atoms with Crippen molar-refractivity contribution in [2.45, 2.75) is 45.7 Å². The van der Waals surface area contributed by atoms with E-state index in [1.54, 1.807) is 20.8 Å². The van der Waals surface area contributed by atoms with Gasteiger partial charge in [0.15, 0.2) is 5.11 Å². The highest BCUT2D eigenvalue weighted by atomic mass is 32.1. The molecule has 2 aromatic rings. The first-order valence-corrected chi connectivity index (χ1v) is 10.2. The molecule has 0 aromatic heterocycles. The molecule has 180 valence electrons. The fourth-order valence-electron chi connectivity index (χ4n) is 2.89. The Morgan fingerprint density at radius 3 is 1.88 bits per heavy atom. The summed E-state index contributed by atoms with van der Waals surface area (Å²) in [6.07, 6.45) is -9.98. The summed E-state index contributed by atoms with van der Waals surface area (Å²) < 4.78 is 78.4. The van der Waals surface area contributed by atoms with Crippen LogP contribution in [0, 0.1) is 5.41 Å². The second kappa shape index (κ2) is 9.98. The smallest absolute Gasteiger partial charge is 0.350 e. The molecule has 33 heavy (non-hydrogen) atoms. The highest BCUT2D eigenvalue weighted by molar-refractivity contribution is 7.80. The van der Waals surface area contributed by atoms with Crippen molar-refractivity contribution in [3.05, 3.63) is 65.2 Å². The third-order valence-corrected chi connectivity index (χ3v) is 4.78. The van der Waals surface area contributed by atoms with Crippen LogP contribution < -0.4 is 16.0 Å². The number of carbonyl (C=O) groups is 1. The van der Waals surface area contributed by atoms with Crippen molar-refractivity contribution in [3.8, 4) is 0 Å². The van der Waals surface area contributed by atoms with Crippen LogP contribution in [0.2, 0.25) is 0 Å². The second-order valence-corrected chi connectivity index (χ2v) is 8.80. The lowest BCUT2D eigenvalue weighted by Gasteiger charge is -2.31. The average molecular weight is 492 g/mol. The third kappa shape index (κ3) is 7.92. The van der Waals surface area contributed by atoms with E-state index in [-0.39, 0.29) is 17.7 Å². The van der Waals surface area contributed by atoms with Crippen molar-refractivity contribution in [2.75, 3.05) is 5.32 Å². The zero-order valence-corrected chi connectivity index (χ0v) is 18.8. The van der Waals surface area contributed by atoms with Crippen LogP contribution in [0.25, 0.3) is 0 Å². The summed E-state index contributed by atoms with van der Waals surface area (Å²) in [4.78, 5) is 12.8. The Kier molecular flexibility index (Phi) is 8.00. The maximum Gasteiger partial charge on any atom is 0.416 e. The average Bonchev–Trinajstić information content (AvgIpc) is 2.68. The van der Waals surface area contributed by atoms with Crippen LogP contribution in [0.4, 0.5) is 32.0 Å². The molecule has 0 aliphatic carbocycles. The Hall–Kier alpha value is -2.82.